The minimum atomic E-state index is 0.353. The van der Waals surface area contributed by atoms with Crippen molar-refractivity contribution in [3.63, 3.8) is 0 Å². The van der Waals surface area contributed by atoms with Crippen LogP contribution in [0.15, 0.2) is 42.5 Å². The topological polar surface area (TPSA) is 12.0 Å². The van der Waals surface area contributed by atoms with Gasteiger partial charge in [0.15, 0.2) is 0 Å². The maximum absolute atomic E-state index is 3.71. The van der Waals surface area contributed by atoms with Gasteiger partial charge in [0.25, 0.3) is 0 Å². The molecule has 21 heavy (non-hydrogen) atoms. The highest BCUT2D eigenvalue weighted by Crippen LogP contribution is 2.23. The van der Waals surface area contributed by atoms with Gasteiger partial charge in [0, 0.05) is 12.1 Å². The Labute approximate surface area is 129 Å². The van der Waals surface area contributed by atoms with E-state index in [-0.39, 0.29) is 0 Å². The Balaban J connectivity index is 2.08. The van der Waals surface area contributed by atoms with Crippen LogP contribution in [0.2, 0.25) is 0 Å². The molecule has 0 bridgehead atoms. The molecule has 0 aliphatic heterocycles. The Bertz CT molecular complexity index is 583. The van der Waals surface area contributed by atoms with Crippen LogP contribution in [0.4, 0.5) is 0 Å². The first-order valence-corrected chi connectivity index (χ1v) is 7.93. The van der Waals surface area contributed by atoms with Crippen molar-refractivity contribution in [1.82, 2.24) is 5.32 Å². The first-order valence-electron chi connectivity index (χ1n) is 7.93. The molecule has 0 spiro atoms. The molecule has 2 atom stereocenters. The maximum atomic E-state index is 3.71. The first-order chi connectivity index (χ1) is 10.0. The fraction of sp³-hybridized carbons (Fsp3) is 0.400. The zero-order valence-corrected chi connectivity index (χ0v) is 13.9. The number of hydrogen-bond donors (Lipinski definition) is 1. The maximum Gasteiger partial charge on any atom is 0.0300 e. The van der Waals surface area contributed by atoms with Crippen LogP contribution >= 0.6 is 0 Å². The van der Waals surface area contributed by atoms with E-state index in [4.69, 9.17) is 0 Å². The summed E-state index contributed by atoms with van der Waals surface area (Å²) in [5, 5.41) is 3.71. The molecule has 0 aliphatic rings. The summed E-state index contributed by atoms with van der Waals surface area (Å²) < 4.78 is 0. The molecule has 2 aromatic carbocycles. The van der Waals surface area contributed by atoms with E-state index >= 15 is 0 Å². The smallest absolute Gasteiger partial charge is 0.0300 e. The highest BCUT2D eigenvalue weighted by atomic mass is 14.9. The summed E-state index contributed by atoms with van der Waals surface area (Å²) in [6.45, 7) is 11.0. The molecule has 0 amide bonds. The van der Waals surface area contributed by atoms with Crippen LogP contribution in [0.3, 0.4) is 0 Å². The fourth-order valence-electron chi connectivity index (χ4n) is 2.91. The molecule has 0 fully saturated rings. The van der Waals surface area contributed by atoms with Crippen LogP contribution in [-0.2, 0) is 6.42 Å². The van der Waals surface area contributed by atoms with Gasteiger partial charge in [-0.05, 0) is 56.4 Å². The summed E-state index contributed by atoms with van der Waals surface area (Å²) in [6.07, 6.45) is 1.10. The van der Waals surface area contributed by atoms with Crippen molar-refractivity contribution in [2.45, 2.75) is 53.1 Å². The predicted octanol–water partition coefficient (Wildman–Crippen LogP) is 5.28. The first kappa shape index (κ1) is 15.8. The van der Waals surface area contributed by atoms with Gasteiger partial charge in [0.2, 0.25) is 0 Å². The van der Waals surface area contributed by atoms with Gasteiger partial charge in [0.1, 0.15) is 0 Å². The molecule has 0 saturated heterocycles. The van der Waals surface area contributed by atoms with Crippen LogP contribution in [0, 0.1) is 13.8 Å². The molecule has 1 heteroatoms. The van der Waals surface area contributed by atoms with Crippen molar-refractivity contribution in [3.05, 3.63) is 70.3 Å². The quantitative estimate of drug-likeness (QED) is 0.786. The van der Waals surface area contributed by atoms with Crippen molar-refractivity contribution in [2.75, 3.05) is 0 Å². The van der Waals surface area contributed by atoms with E-state index in [1.807, 2.05) is 0 Å². The van der Waals surface area contributed by atoms with Crippen LogP contribution < -0.4 is 5.32 Å². The van der Waals surface area contributed by atoms with Gasteiger partial charge >= 0.3 is 0 Å². The van der Waals surface area contributed by atoms with E-state index in [1.165, 1.54) is 27.8 Å². The average Bonchev–Trinajstić information content (AvgIpc) is 2.47. The van der Waals surface area contributed by atoms with E-state index in [9.17, 15) is 0 Å². The van der Waals surface area contributed by atoms with Gasteiger partial charge in [-0.1, -0.05) is 55.0 Å². The molecule has 1 N–H and O–H groups in total. The zero-order valence-electron chi connectivity index (χ0n) is 13.9. The van der Waals surface area contributed by atoms with Crippen LogP contribution in [0.25, 0.3) is 0 Å². The molecule has 2 aromatic rings. The van der Waals surface area contributed by atoms with E-state index in [1.54, 1.807) is 0 Å². The van der Waals surface area contributed by atoms with E-state index in [2.05, 4.69) is 82.4 Å². The van der Waals surface area contributed by atoms with Crippen LogP contribution in [0.1, 0.15) is 60.7 Å². The molecule has 0 aromatic heterocycles. The number of rotatable bonds is 5. The Kier molecular flexibility index (Phi) is 5.19. The number of nitrogens with one attached hydrogen (secondary N) is 1. The normalized spacial score (nSPS) is 14.0. The van der Waals surface area contributed by atoms with Crippen molar-refractivity contribution in [3.8, 4) is 0 Å². The number of benzene rings is 2. The molecule has 0 heterocycles. The highest BCUT2D eigenvalue weighted by Gasteiger charge is 2.12. The van der Waals surface area contributed by atoms with Gasteiger partial charge in [0.05, 0.1) is 0 Å². The lowest BCUT2D eigenvalue weighted by Gasteiger charge is -2.22. The third-order valence-electron chi connectivity index (χ3n) is 4.28. The molecule has 0 aliphatic carbocycles. The summed E-state index contributed by atoms with van der Waals surface area (Å²) in [5.41, 5.74) is 6.82. The third kappa shape index (κ3) is 3.95. The molecule has 2 unspecified atom stereocenters. The monoisotopic (exact) mass is 281 g/mol. The van der Waals surface area contributed by atoms with Crippen molar-refractivity contribution >= 4 is 0 Å². The lowest BCUT2D eigenvalue weighted by atomic mass is 9.98. The van der Waals surface area contributed by atoms with Crippen LogP contribution in [-0.4, -0.2) is 0 Å². The second kappa shape index (κ2) is 6.91. The highest BCUT2D eigenvalue weighted by molar-refractivity contribution is 5.33. The zero-order chi connectivity index (χ0) is 15.4. The van der Waals surface area contributed by atoms with E-state index < -0.39 is 0 Å². The summed E-state index contributed by atoms with van der Waals surface area (Å²) in [7, 11) is 0. The third-order valence-corrected chi connectivity index (χ3v) is 4.28. The van der Waals surface area contributed by atoms with Crippen molar-refractivity contribution in [2.24, 2.45) is 0 Å². The summed E-state index contributed by atoms with van der Waals surface area (Å²) in [5.74, 6) is 0. The molecular weight excluding hydrogens is 254 g/mol. The molecule has 112 valence electrons. The average molecular weight is 281 g/mol. The number of aryl methyl sites for hydroxylation is 3. The second-order valence-corrected chi connectivity index (χ2v) is 6.07. The van der Waals surface area contributed by atoms with Gasteiger partial charge in [-0.2, -0.15) is 0 Å². The van der Waals surface area contributed by atoms with Gasteiger partial charge in [-0.15, -0.1) is 0 Å². The lowest BCUT2D eigenvalue weighted by Crippen LogP contribution is -2.23. The Hall–Kier alpha value is -1.60. The Morgan fingerprint density at radius 3 is 2.14 bits per heavy atom. The van der Waals surface area contributed by atoms with Gasteiger partial charge in [-0.25, -0.2) is 0 Å². The SMILES string of the molecule is CCc1ccc(C(C)NC(C)c2ccc(C)cc2C)cc1. The standard InChI is InChI=1S/C20H27N/c1-6-18-8-10-19(11-9-18)16(4)21-17(5)20-12-7-14(2)13-15(20)3/h7-13,16-17,21H,6H2,1-5H3. The molecule has 0 saturated carbocycles. The van der Waals surface area contributed by atoms with Crippen molar-refractivity contribution < 1.29 is 0 Å². The summed E-state index contributed by atoms with van der Waals surface area (Å²) >= 11 is 0. The molecule has 1 nitrogen and oxygen atoms in total. The minimum absolute atomic E-state index is 0.353. The number of hydrogen-bond acceptors (Lipinski definition) is 1. The minimum Gasteiger partial charge on any atom is -0.304 e. The summed E-state index contributed by atoms with van der Waals surface area (Å²) in [4.78, 5) is 0. The van der Waals surface area contributed by atoms with Gasteiger partial charge in [-0.3, -0.25) is 0 Å². The van der Waals surface area contributed by atoms with Gasteiger partial charge < -0.3 is 5.32 Å². The lowest BCUT2D eigenvalue weighted by molar-refractivity contribution is 0.493. The summed E-state index contributed by atoms with van der Waals surface area (Å²) in [6, 6.07) is 16.4. The fourth-order valence-corrected chi connectivity index (χ4v) is 2.91. The molecule has 0 radical (unpaired) electrons. The Morgan fingerprint density at radius 1 is 0.905 bits per heavy atom. The Morgan fingerprint density at radius 2 is 1.57 bits per heavy atom. The second-order valence-electron chi connectivity index (χ2n) is 6.07. The predicted molar refractivity (Wildman–Crippen MR) is 91.7 cm³/mol. The van der Waals surface area contributed by atoms with Crippen LogP contribution in [0.5, 0.6) is 0 Å². The molecule has 2 rings (SSSR count). The van der Waals surface area contributed by atoms with E-state index in [0.29, 0.717) is 12.1 Å². The van der Waals surface area contributed by atoms with Crippen molar-refractivity contribution in [1.29, 1.82) is 0 Å². The largest absolute Gasteiger partial charge is 0.304 e. The molecular formula is C20H27N. The van der Waals surface area contributed by atoms with E-state index in [0.717, 1.165) is 6.42 Å².